The first-order valence-corrected chi connectivity index (χ1v) is 11.8. The number of benzene rings is 3. The summed E-state index contributed by atoms with van der Waals surface area (Å²) in [6.45, 7) is 0. The van der Waals surface area contributed by atoms with Crippen LogP contribution < -0.4 is 24.8 Å². The van der Waals surface area contributed by atoms with Gasteiger partial charge in [0.05, 0.1) is 38.7 Å². The highest BCUT2D eigenvalue weighted by atomic mass is 35.5. The van der Waals surface area contributed by atoms with Crippen LogP contribution in [0.5, 0.6) is 17.2 Å². The van der Waals surface area contributed by atoms with Crippen LogP contribution >= 0.6 is 11.6 Å². The van der Waals surface area contributed by atoms with Crippen molar-refractivity contribution in [3.63, 3.8) is 0 Å². The van der Waals surface area contributed by atoms with Gasteiger partial charge in [-0.3, -0.25) is 4.79 Å². The van der Waals surface area contributed by atoms with Gasteiger partial charge in [0.25, 0.3) is 0 Å². The maximum Gasteiger partial charge on any atom is 0.203 e. The van der Waals surface area contributed by atoms with E-state index in [1.807, 2.05) is 60.7 Å². The Morgan fingerprint density at radius 1 is 0.829 bits per heavy atom. The Hall–Kier alpha value is -3.64. The van der Waals surface area contributed by atoms with Crippen LogP contribution in [0, 0.1) is 0 Å². The Kier molecular flexibility index (Phi) is 6.31. The molecule has 0 saturated carbocycles. The molecule has 0 saturated heterocycles. The molecule has 2 aliphatic rings. The van der Waals surface area contributed by atoms with Gasteiger partial charge in [0, 0.05) is 22.7 Å². The van der Waals surface area contributed by atoms with Gasteiger partial charge >= 0.3 is 0 Å². The molecule has 0 aromatic heterocycles. The lowest BCUT2D eigenvalue weighted by Crippen LogP contribution is -2.27. The highest BCUT2D eigenvalue weighted by Gasteiger charge is 2.36. The molecule has 1 aliphatic heterocycles. The van der Waals surface area contributed by atoms with Gasteiger partial charge in [0.15, 0.2) is 17.3 Å². The molecule has 3 aromatic rings. The summed E-state index contributed by atoms with van der Waals surface area (Å²) in [5, 5.41) is 7.85. The third kappa shape index (κ3) is 4.30. The molecule has 0 unspecified atom stereocenters. The summed E-state index contributed by atoms with van der Waals surface area (Å²) in [5.41, 5.74) is 5.43. The Balaban J connectivity index is 1.64. The number of methoxy groups -OCH3 is 3. The second kappa shape index (κ2) is 9.55. The average Bonchev–Trinajstić information content (AvgIpc) is 3.05. The van der Waals surface area contributed by atoms with E-state index in [9.17, 15) is 4.79 Å². The zero-order chi connectivity index (χ0) is 24.5. The Morgan fingerprint density at radius 2 is 1.49 bits per heavy atom. The first kappa shape index (κ1) is 23.1. The number of ether oxygens (including phenoxy) is 3. The number of nitrogens with one attached hydrogen (secondary N) is 2. The number of rotatable bonds is 5. The van der Waals surface area contributed by atoms with Gasteiger partial charge in [-0.2, -0.15) is 0 Å². The number of Topliss-reactive ketones (excluding diaryl/α,β-unsaturated/α-hetero) is 1. The molecule has 0 bridgehead atoms. The summed E-state index contributed by atoms with van der Waals surface area (Å²) in [7, 11) is 4.75. The van der Waals surface area contributed by atoms with E-state index in [1.165, 1.54) is 0 Å². The van der Waals surface area contributed by atoms with Crippen LogP contribution in [0.3, 0.4) is 0 Å². The van der Waals surface area contributed by atoms with E-state index in [4.69, 9.17) is 25.8 Å². The molecule has 180 valence electrons. The topological polar surface area (TPSA) is 68.8 Å². The summed E-state index contributed by atoms with van der Waals surface area (Å²) in [5.74, 6) is 1.75. The molecular weight excluding hydrogens is 464 g/mol. The number of hydrogen-bond donors (Lipinski definition) is 2. The number of para-hydroxylation sites is 2. The van der Waals surface area contributed by atoms with Crippen LogP contribution in [0.2, 0.25) is 5.02 Å². The molecule has 1 aliphatic carbocycles. The van der Waals surface area contributed by atoms with Gasteiger partial charge in [-0.1, -0.05) is 35.9 Å². The number of ketones is 1. The van der Waals surface area contributed by atoms with Crippen molar-refractivity contribution in [1.29, 1.82) is 0 Å². The SMILES string of the molecule is COc1cc([C@@H]2Nc3ccccc3NC3=C2C(=O)C[C@@H](c2ccc(Cl)cc2)C3)cc(OC)c1OC. The van der Waals surface area contributed by atoms with E-state index >= 15 is 0 Å². The monoisotopic (exact) mass is 490 g/mol. The van der Waals surface area contributed by atoms with E-state index < -0.39 is 6.04 Å². The number of allylic oxidation sites excluding steroid dienone is 1. The Morgan fingerprint density at radius 3 is 2.11 bits per heavy atom. The Labute approximate surface area is 209 Å². The van der Waals surface area contributed by atoms with Crippen molar-refractivity contribution in [2.45, 2.75) is 24.8 Å². The van der Waals surface area contributed by atoms with Gasteiger partial charge in [-0.15, -0.1) is 0 Å². The standard InChI is InChI=1S/C28H27ClN2O4/c1-33-24-14-18(15-25(34-2)28(24)35-3)27-26-22(30-20-6-4-5-7-21(20)31-27)12-17(13-23(26)32)16-8-10-19(29)11-9-16/h4-11,14-15,17,27,30-31H,12-13H2,1-3H3/t17-,27-/m0/s1. The summed E-state index contributed by atoms with van der Waals surface area (Å²) in [4.78, 5) is 13.7. The maximum atomic E-state index is 13.7. The van der Waals surface area contributed by atoms with E-state index in [0.717, 1.165) is 33.8 Å². The molecule has 6 nitrogen and oxygen atoms in total. The van der Waals surface area contributed by atoms with E-state index in [0.29, 0.717) is 35.1 Å². The number of anilines is 2. The number of halogens is 1. The van der Waals surface area contributed by atoms with Crippen LogP contribution in [0.25, 0.3) is 0 Å². The molecule has 35 heavy (non-hydrogen) atoms. The highest BCUT2D eigenvalue weighted by Crippen LogP contribution is 2.47. The van der Waals surface area contributed by atoms with Crippen LogP contribution in [0.4, 0.5) is 11.4 Å². The lowest BCUT2D eigenvalue weighted by atomic mass is 9.78. The maximum absolute atomic E-state index is 13.7. The van der Waals surface area contributed by atoms with Crippen molar-refractivity contribution in [2.75, 3.05) is 32.0 Å². The fourth-order valence-electron chi connectivity index (χ4n) is 4.98. The predicted molar refractivity (Wildman–Crippen MR) is 138 cm³/mol. The zero-order valence-electron chi connectivity index (χ0n) is 19.9. The zero-order valence-corrected chi connectivity index (χ0v) is 20.6. The van der Waals surface area contributed by atoms with Crippen molar-refractivity contribution in [3.8, 4) is 17.2 Å². The fourth-order valence-corrected chi connectivity index (χ4v) is 5.11. The van der Waals surface area contributed by atoms with Crippen molar-refractivity contribution >= 4 is 28.8 Å². The largest absolute Gasteiger partial charge is 0.493 e. The minimum Gasteiger partial charge on any atom is -0.493 e. The summed E-state index contributed by atoms with van der Waals surface area (Å²) < 4.78 is 16.7. The molecule has 5 rings (SSSR count). The van der Waals surface area contributed by atoms with Gasteiger partial charge in [-0.25, -0.2) is 0 Å². The summed E-state index contributed by atoms with van der Waals surface area (Å²) in [6, 6.07) is 19.1. The molecule has 0 radical (unpaired) electrons. The minimum absolute atomic E-state index is 0.0665. The van der Waals surface area contributed by atoms with Crippen molar-refractivity contribution < 1.29 is 19.0 Å². The minimum atomic E-state index is -0.395. The normalized spacial score (nSPS) is 19.0. The third-order valence-electron chi connectivity index (χ3n) is 6.67. The summed E-state index contributed by atoms with van der Waals surface area (Å²) in [6.07, 6.45) is 1.13. The molecule has 1 heterocycles. The molecule has 0 fully saturated rings. The highest BCUT2D eigenvalue weighted by molar-refractivity contribution is 6.30. The van der Waals surface area contributed by atoms with E-state index in [-0.39, 0.29) is 11.7 Å². The second-order valence-corrected chi connectivity index (χ2v) is 9.12. The summed E-state index contributed by atoms with van der Waals surface area (Å²) >= 11 is 6.10. The predicted octanol–water partition coefficient (Wildman–Crippen LogP) is 6.35. The van der Waals surface area contributed by atoms with Gasteiger partial charge < -0.3 is 24.8 Å². The number of hydrogen-bond acceptors (Lipinski definition) is 6. The Bertz CT molecular complexity index is 1280. The molecule has 2 N–H and O–H groups in total. The smallest absolute Gasteiger partial charge is 0.203 e. The van der Waals surface area contributed by atoms with Gasteiger partial charge in [-0.05, 0) is 59.9 Å². The van der Waals surface area contributed by atoms with Gasteiger partial charge in [0.1, 0.15) is 0 Å². The number of fused-ring (bicyclic) bond motifs is 1. The first-order chi connectivity index (χ1) is 17.0. The quantitative estimate of drug-likeness (QED) is 0.434. The van der Waals surface area contributed by atoms with Crippen LogP contribution in [-0.2, 0) is 4.79 Å². The fraction of sp³-hybridized carbons (Fsp3) is 0.250. The second-order valence-electron chi connectivity index (χ2n) is 8.68. The van der Waals surface area contributed by atoms with Crippen molar-refractivity contribution in [2.24, 2.45) is 0 Å². The lowest BCUT2D eigenvalue weighted by Gasteiger charge is -2.30. The molecule has 0 amide bonds. The molecule has 7 heteroatoms. The molecular formula is C28H27ClN2O4. The number of carbonyl (C=O) groups excluding carboxylic acids is 1. The average molecular weight is 491 g/mol. The first-order valence-electron chi connectivity index (χ1n) is 11.5. The van der Waals surface area contributed by atoms with Crippen molar-refractivity contribution in [1.82, 2.24) is 0 Å². The third-order valence-corrected chi connectivity index (χ3v) is 6.92. The van der Waals surface area contributed by atoms with Crippen LogP contribution in [0.15, 0.2) is 71.9 Å². The molecule has 2 atom stereocenters. The van der Waals surface area contributed by atoms with Gasteiger partial charge in [0.2, 0.25) is 5.75 Å². The van der Waals surface area contributed by atoms with E-state index in [1.54, 1.807) is 21.3 Å². The molecule has 0 spiro atoms. The van der Waals surface area contributed by atoms with Crippen LogP contribution in [-0.4, -0.2) is 27.1 Å². The molecule has 3 aromatic carbocycles. The number of carbonyl (C=O) groups is 1. The van der Waals surface area contributed by atoms with Crippen LogP contribution in [0.1, 0.15) is 35.9 Å². The van der Waals surface area contributed by atoms with E-state index in [2.05, 4.69) is 10.6 Å². The van der Waals surface area contributed by atoms with Crippen molar-refractivity contribution in [3.05, 3.63) is 88.1 Å². The lowest BCUT2D eigenvalue weighted by molar-refractivity contribution is -0.116.